The van der Waals surface area contributed by atoms with Crippen LogP contribution in [-0.2, 0) is 0 Å². The van der Waals surface area contributed by atoms with E-state index in [1.807, 2.05) is 0 Å². The van der Waals surface area contributed by atoms with Crippen LogP contribution in [0, 0.1) is 22.9 Å². The Labute approximate surface area is 297 Å². The molecule has 0 heterocycles. The predicted molar refractivity (Wildman–Crippen MR) is 221 cm³/mol. The van der Waals surface area contributed by atoms with Crippen molar-refractivity contribution in [1.29, 1.82) is 0 Å². The lowest BCUT2D eigenvalue weighted by Crippen LogP contribution is -2.29. The first kappa shape index (κ1) is 33.0. The molecule has 7 aromatic rings. The molecular weight excluding hydrogens is 656 g/mol. The summed E-state index contributed by atoms with van der Waals surface area (Å²) < 4.78 is 0. The maximum atomic E-state index is 7.35. The molecule has 0 aliphatic heterocycles. The molecule has 240 valence electrons. The molecule has 0 atom stereocenters. The van der Waals surface area contributed by atoms with Crippen LogP contribution in [-0.4, -0.2) is 16.1 Å². The normalized spacial score (nSPS) is 12.3. The standard InChI is InChI=1S/C44H42Cl2Si2/c1-7-47(8-2,9-3)27-25-31-29-17-13-15-19-33(29)39-41-35(31)21-23-37(45)43(41)40-34-20-16-14-18-30(34)32(26-28-48(10-4,11-5)12-6)36-22-24-38(46)44(39)42(36)40/h13-24H,7-12H2,1-6H3. The van der Waals surface area contributed by atoms with E-state index in [0.29, 0.717) is 0 Å². The molecule has 4 heteroatoms. The Morgan fingerprint density at radius 1 is 0.396 bits per heavy atom. The molecule has 0 bridgehead atoms. The van der Waals surface area contributed by atoms with Crippen molar-refractivity contribution in [2.75, 3.05) is 0 Å². The minimum Gasteiger partial charge on any atom is -0.126 e. The van der Waals surface area contributed by atoms with Gasteiger partial charge in [0.15, 0.2) is 0 Å². The lowest BCUT2D eigenvalue weighted by Gasteiger charge is -2.23. The lowest BCUT2D eigenvalue weighted by molar-refractivity contribution is 1.20. The molecule has 0 amide bonds. The average Bonchev–Trinajstić information content (AvgIpc) is 3.13. The lowest BCUT2D eigenvalue weighted by atomic mass is 9.82. The Bertz CT molecular complexity index is 2320. The maximum absolute atomic E-state index is 7.35. The van der Waals surface area contributed by atoms with E-state index >= 15 is 0 Å². The van der Waals surface area contributed by atoms with Gasteiger partial charge in [0.05, 0.1) is 0 Å². The Kier molecular flexibility index (Phi) is 8.77. The van der Waals surface area contributed by atoms with Gasteiger partial charge in [0, 0.05) is 53.5 Å². The Balaban J connectivity index is 1.77. The van der Waals surface area contributed by atoms with Crippen molar-refractivity contribution in [2.24, 2.45) is 0 Å². The molecule has 0 fully saturated rings. The summed E-state index contributed by atoms with van der Waals surface area (Å²) in [6, 6.07) is 33.1. The van der Waals surface area contributed by atoms with Crippen molar-refractivity contribution in [1.82, 2.24) is 0 Å². The first-order valence-electron chi connectivity index (χ1n) is 17.7. The van der Waals surface area contributed by atoms with Crippen LogP contribution in [0.15, 0.2) is 72.8 Å². The second-order valence-electron chi connectivity index (χ2n) is 13.5. The van der Waals surface area contributed by atoms with Crippen LogP contribution in [0.3, 0.4) is 0 Å². The van der Waals surface area contributed by atoms with E-state index in [-0.39, 0.29) is 0 Å². The van der Waals surface area contributed by atoms with Gasteiger partial charge in [-0.2, -0.15) is 0 Å². The SMILES string of the molecule is CC[Si](C#Cc1c2ccccc2c2c3c(Cl)ccc4c(C#C[Si](CC)(CC)CC)c5ccccc5c(c5c(Cl)ccc1c52)c43)(CC)CC. The van der Waals surface area contributed by atoms with E-state index in [2.05, 4.69) is 137 Å². The smallest absolute Gasteiger partial charge is 0.126 e. The topological polar surface area (TPSA) is 0 Å². The fraction of sp³-hybridized carbons (Fsp3) is 0.273. The predicted octanol–water partition coefficient (Wildman–Crippen LogP) is 14.1. The second-order valence-corrected chi connectivity index (χ2v) is 24.1. The highest BCUT2D eigenvalue weighted by atomic mass is 35.5. The fourth-order valence-electron chi connectivity index (χ4n) is 8.19. The van der Waals surface area contributed by atoms with Gasteiger partial charge in [0.2, 0.25) is 0 Å². The molecular formula is C44H42Cl2Si2. The highest BCUT2D eigenvalue weighted by Gasteiger charge is 2.28. The van der Waals surface area contributed by atoms with Gasteiger partial charge < -0.3 is 0 Å². The summed E-state index contributed by atoms with van der Waals surface area (Å²) >= 11 is 14.7. The van der Waals surface area contributed by atoms with Crippen LogP contribution >= 0.6 is 23.2 Å². The zero-order valence-corrected chi connectivity index (χ0v) is 32.4. The van der Waals surface area contributed by atoms with Crippen molar-refractivity contribution >= 4 is 104 Å². The van der Waals surface area contributed by atoms with Crippen LogP contribution < -0.4 is 0 Å². The summed E-state index contributed by atoms with van der Waals surface area (Å²) in [5.74, 6) is 7.65. The van der Waals surface area contributed by atoms with Crippen LogP contribution in [0.4, 0.5) is 0 Å². The molecule has 7 rings (SSSR count). The highest BCUT2D eigenvalue weighted by Crippen LogP contribution is 2.51. The van der Waals surface area contributed by atoms with Gasteiger partial charge in [-0.3, -0.25) is 0 Å². The van der Waals surface area contributed by atoms with Crippen molar-refractivity contribution in [3.63, 3.8) is 0 Å². The van der Waals surface area contributed by atoms with Crippen molar-refractivity contribution < 1.29 is 0 Å². The Morgan fingerprint density at radius 2 is 0.708 bits per heavy atom. The molecule has 0 nitrogen and oxygen atoms in total. The third-order valence-corrected chi connectivity index (χ3v) is 21.8. The van der Waals surface area contributed by atoms with E-state index < -0.39 is 16.1 Å². The number of benzene rings is 7. The van der Waals surface area contributed by atoms with E-state index in [9.17, 15) is 0 Å². The first-order chi connectivity index (χ1) is 23.3. The van der Waals surface area contributed by atoms with E-state index in [4.69, 9.17) is 23.2 Å². The Morgan fingerprint density at radius 3 is 1.04 bits per heavy atom. The molecule has 7 aromatic carbocycles. The second kappa shape index (κ2) is 12.7. The zero-order valence-electron chi connectivity index (χ0n) is 28.9. The van der Waals surface area contributed by atoms with Gasteiger partial charge in [-0.05, 0) is 80.7 Å². The van der Waals surface area contributed by atoms with E-state index in [0.717, 1.165) is 64.3 Å². The summed E-state index contributed by atoms with van der Waals surface area (Å²) in [4.78, 5) is 0. The van der Waals surface area contributed by atoms with Crippen molar-refractivity contribution in [2.45, 2.75) is 77.8 Å². The van der Waals surface area contributed by atoms with Gasteiger partial charge in [0.1, 0.15) is 16.1 Å². The van der Waals surface area contributed by atoms with Gasteiger partial charge >= 0.3 is 0 Å². The van der Waals surface area contributed by atoms with Gasteiger partial charge in [0.25, 0.3) is 0 Å². The minimum atomic E-state index is -1.70. The third kappa shape index (κ3) is 4.88. The molecule has 0 saturated carbocycles. The van der Waals surface area contributed by atoms with E-state index in [1.54, 1.807) is 0 Å². The molecule has 0 aliphatic rings. The minimum absolute atomic E-state index is 0.752. The fourth-order valence-corrected chi connectivity index (χ4v) is 13.5. The van der Waals surface area contributed by atoms with Gasteiger partial charge in [-0.15, -0.1) is 11.1 Å². The average molecular weight is 698 g/mol. The summed E-state index contributed by atoms with van der Waals surface area (Å²) in [6.07, 6.45) is 0. The molecule has 0 spiro atoms. The quantitative estimate of drug-likeness (QED) is 0.0702. The van der Waals surface area contributed by atoms with Crippen molar-refractivity contribution in [3.8, 4) is 22.9 Å². The van der Waals surface area contributed by atoms with Crippen LogP contribution in [0.5, 0.6) is 0 Å². The summed E-state index contributed by atoms with van der Waals surface area (Å²) in [5.41, 5.74) is 10.0. The molecule has 0 unspecified atom stereocenters. The number of rotatable bonds is 6. The summed E-state index contributed by atoms with van der Waals surface area (Å²) in [5, 5.41) is 15.3. The number of hydrogen-bond acceptors (Lipinski definition) is 0. The number of fused-ring (bicyclic) bond motifs is 6. The van der Waals surface area contributed by atoms with Crippen LogP contribution in [0.2, 0.25) is 46.3 Å². The molecule has 0 aromatic heterocycles. The first-order valence-corrected chi connectivity index (χ1v) is 23.7. The highest BCUT2D eigenvalue weighted by molar-refractivity contribution is 6.87. The number of halogens is 2. The van der Waals surface area contributed by atoms with Gasteiger partial charge in [-0.1, -0.05) is 137 Å². The maximum Gasteiger partial charge on any atom is 0.138 e. The molecule has 0 radical (unpaired) electrons. The summed E-state index contributed by atoms with van der Waals surface area (Å²) in [6.45, 7) is 13.9. The molecule has 48 heavy (non-hydrogen) atoms. The van der Waals surface area contributed by atoms with Crippen molar-refractivity contribution in [3.05, 3.63) is 94.0 Å². The summed E-state index contributed by atoms with van der Waals surface area (Å²) in [7, 11) is -3.41. The van der Waals surface area contributed by atoms with Crippen LogP contribution in [0.1, 0.15) is 52.7 Å². The Hall–Kier alpha value is -3.51. The largest absolute Gasteiger partial charge is 0.138 e. The number of hydrogen-bond donors (Lipinski definition) is 0. The van der Waals surface area contributed by atoms with Gasteiger partial charge in [-0.25, -0.2) is 0 Å². The van der Waals surface area contributed by atoms with Crippen LogP contribution in [0.25, 0.3) is 64.6 Å². The molecule has 0 N–H and O–H groups in total. The monoisotopic (exact) mass is 696 g/mol. The third-order valence-electron chi connectivity index (χ3n) is 11.7. The van der Waals surface area contributed by atoms with E-state index in [1.165, 1.54) is 57.8 Å². The molecule has 0 saturated heterocycles. The molecule has 0 aliphatic carbocycles. The zero-order chi connectivity index (χ0) is 33.8.